The number of hydrogen-bond acceptors (Lipinski definition) is 3. The number of benzene rings is 1. The van der Waals surface area contributed by atoms with E-state index in [1.165, 1.54) is 0 Å². The molecular weight excluding hydrogens is 334 g/mol. The van der Waals surface area contributed by atoms with Gasteiger partial charge in [0.15, 0.2) is 0 Å². The summed E-state index contributed by atoms with van der Waals surface area (Å²) >= 11 is 3.43. The number of likely N-dealkylation sites (tertiary alicyclic amines) is 1. The average molecular weight is 356 g/mol. The lowest BCUT2D eigenvalue weighted by Gasteiger charge is -2.32. The summed E-state index contributed by atoms with van der Waals surface area (Å²) in [6, 6.07) is 7.86. The lowest BCUT2D eigenvalue weighted by atomic mass is 9.93. The van der Waals surface area contributed by atoms with Crippen LogP contribution in [0.5, 0.6) is 5.75 Å². The maximum Gasteiger partial charge on any atom is 0.303 e. The molecule has 1 saturated heterocycles. The molecule has 0 aliphatic carbocycles. The van der Waals surface area contributed by atoms with Gasteiger partial charge in [-0.25, -0.2) is 0 Å². The van der Waals surface area contributed by atoms with Gasteiger partial charge < -0.3 is 9.84 Å². The van der Waals surface area contributed by atoms with Gasteiger partial charge in [-0.2, -0.15) is 0 Å². The molecule has 1 aliphatic rings. The van der Waals surface area contributed by atoms with Crippen molar-refractivity contribution in [2.24, 2.45) is 5.92 Å². The molecule has 1 heterocycles. The Balaban J connectivity index is 1.69. The molecule has 0 saturated carbocycles. The Morgan fingerprint density at radius 3 is 3.10 bits per heavy atom. The first-order valence-corrected chi connectivity index (χ1v) is 8.25. The zero-order chi connectivity index (χ0) is 15.1. The first-order chi connectivity index (χ1) is 10.1. The summed E-state index contributed by atoms with van der Waals surface area (Å²) in [4.78, 5) is 13.0. The van der Waals surface area contributed by atoms with Crippen molar-refractivity contribution >= 4 is 21.9 Å². The Bertz CT molecular complexity index is 467. The van der Waals surface area contributed by atoms with Gasteiger partial charge in [-0.05, 0) is 49.9 Å². The van der Waals surface area contributed by atoms with Crippen molar-refractivity contribution in [3.05, 3.63) is 28.7 Å². The van der Waals surface area contributed by atoms with Gasteiger partial charge >= 0.3 is 5.97 Å². The lowest BCUT2D eigenvalue weighted by Crippen LogP contribution is -2.38. The van der Waals surface area contributed by atoms with Crippen molar-refractivity contribution in [2.45, 2.75) is 25.7 Å². The Hall–Kier alpha value is -1.07. The van der Waals surface area contributed by atoms with Crippen molar-refractivity contribution in [1.82, 2.24) is 4.90 Å². The largest absolute Gasteiger partial charge is 0.492 e. The van der Waals surface area contributed by atoms with Gasteiger partial charge in [0.05, 0.1) is 0 Å². The van der Waals surface area contributed by atoms with E-state index in [0.717, 1.165) is 49.1 Å². The first kappa shape index (κ1) is 16.3. The summed E-state index contributed by atoms with van der Waals surface area (Å²) in [6.07, 6.45) is 3.38. The fraction of sp³-hybridized carbons (Fsp3) is 0.562. The maximum absolute atomic E-state index is 10.6. The van der Waals surface area contributed by atoms with E-state index >= 15 is 0 Å². The average Bonchev–Trinajstić information content (AvgIpc) is 2.46. The van der Waals surface area contributed by atoms with Crippen LogP contribution >= 0.6 is 15.9 Å². The van der Waals surface area contributed by atoms with Gasteiger partial charge in [0.25, 0.3) is 0 Å². The number of carboxylic acid groups (broad SMARTS) is 1. The van der Waals surface area contributed by atoms with Gasteiger partial charge in [0, 0.05) is 24.0 Å². The quantitative estimate of drug-likeness (QED) is 0.814. The van der Waals surface area contributed by atoms with E-state index in [9.17, 15) is 4.79 Å². The molecule has 116 valence electrons. The molecule has 1 aromatic carbocycles. The van der Waals surface area contributed by atoms with Crippen molar-refractivity contribution < 1.29 is 14.6 Å². The van der Waals surface area contributed by atoms with Gasteiger partial charge in [-0.3, -0.25) is 9.69 Å². The minimum absolute atomic E-state index is 0.285. The second-order valence-corrected chi connectivity index (χ2v) is 6.46. The number of piperidine rings is 1. The molecule has 1 atom stereocenters. The van der Waals surface area contributed by atoms with Crippen molar-refractivity contribution in [2.75, 3.05) is 26.2 Å². The maximum atomic E-state index is 10.6. The van der Waals surface area contributed by atoms with E-state index in [0.29, 0.717) is 12.5 Å². The molecule has 4 nitrogen and oxygen atoms in total. The van der Waals surface area contributed by atoms with Crippen LogP contribution in [0.4, 0.5) is 0 Å². The minimum atomic E-state index is -0.690. The monoisotopic (exact) mass is 355 g/mol. The first-order valence-electron chi connectivity index (χ1n) is 7.46. The van der Waals surface area contributed by atoms with E-state index in [4.69, 9.17) is 9.84 Å². The molecule has 1 unspecified atom stereocenters. The van der Waals surface area contributed by atoms with Crippen LogP contribution in [0, 0.1) is 5.92 Å². The summed E-state index contributed by atoms with van der Waals surface area (Å²) < 4.78 is 6.78. The minimum Gasteiger partial charge on any atom is -0.492 e. The van der Waals surface area contributed by atoms with Crippen LogP contribution in [0.2, 0.25) is 0 Å². The number of aliphatic carboxylic acids is 1. The Labute approximate surface area is 134 Å². The zero-order valence-electron chi connectivity index (χ0n) is 12.1. The number of halogens is 1. The normalized spacial score (nSPS) is 19.4. The highest BCUT2D eigenvalue weighted by molar-refractivity contribution is 9.10. The second kappa shape index (κ2) is 8.39. The van der Waals surface area contributed by atoms with E-state index < -0.39 is 5.97 Å². The highest BCUT2D eigenvalue weighted by Crippen LogP contribution is 2.21. The molecular formula is C16H22BrNO3. The summed E-state index contributed by atoms with van der Waals surface area (Å²) in [5, 5.41) is 8.76. The summed E-state index contributed by atoms with van der Waals surface area (Å²) in [6.45, 7) is 3.65. The SMILES string of the molecule is O=C(O)CCC1CCCN(CCOc2cccc(Br)c2)C1. The molecule has 0 radical (unpaired) electrons. The zero-order valence-corrected chi connectivity index (χ0v) is 13.7. The topological polar surface area (TPSA) is 49.8 Å². The predicted molar refractivity (Wildman–Crippen MR) is 85.7 cm³/mol. The molecule has 0 amide bonds. The van der Waals surface area contributed by atoms with Crippen molar-refractivity contribution in [3.8, 4) is 5.75 Å². The van der Waals surface area contributed by atoms with Crippen LogP contribution < -0.4 is 4.74 Å². The van der Waals surface area contributed by atoms with Crippen LogP contribution in [-0.2, 0) is 4.79 Å². The van der Waals surface area contributed by atoms with E-state index in [1.54, 1.807) is 0 Å². The molecule has 1 aliphatic heterocycles. The number of ether oxygens (including phenoxy) is 1. The molecule has 1 aromatic rings. The number of hydrogen-bond donors (Lipinski definition) is 1. The van der Waals surface area contributed by atoms with Gasteiger partial charge in [-0.1, -0.05) is 22.0 Å². The molecule has 2 rings (SSSR count). The third kappa shape index (κ3) is 6.06. The van der Waals surface area contributed by atoms with Crippen LogP contribution in [0.3, 0.4) is 0 Å². The van der Waals surface area contributed by atoms with Crippen LogP contribution in [-0.4, -0.2) is 42.2 Å². The van der Waals surface area contributed by atoms with Crippen molar-refractivity contribution in [3.63, 3.8) is 0 Å². The Morgan fingerprint density at radius 2 is 2.33 bits per heavy atom. The number of carboxylic acids is 1. The molecule has 5 heteroatoms. The molecule has 0 bridgehead atoms. The Morgan fingerprint density at radius 1 is 1.48 bits per heavy atom. The third-order valence-corrected chi connectivity index (χ3v) is 4.34. The molecule has 1 N–H and O–H groups in total. The van der Waals surface area contributed by atoms with E-state index in [-0.39, 0.29) is 6.42 Å². The highest BCUT2D eigenvalue weighted by Gasteiger charge is 2.20. The van der Waals surface area contributed by atoms with E-state index in [2.05, 4.69) is 20.8 Å². The number of nitrogens with zero attached hydrogens (tertiary/aromatic N) is 1. The third-order valence-electron chi connectivity index (χ3n) is 3.84. The standard InChI is InChI=1S/C16H22BrNO3/c17-14-4-1-5-15(11-14)21-10-9-18-8-2-3-13(12-18)6-7-16(19)20/h1,4-5,11,13H,2-3,6-10,12H2,(H,19,20). The lowest BCUT2D eigenvalue weighted by molar-refractivity contribution is -0.137. The van der Waals surface area contributed by atoms with Crippen LogP contribution in [0.25, 0.3) is 0 Å². The molecule has 0 spiro atoms. The van der Waals surface area contributed by atoms with Gasteiger partial charge in [-0.15, -0.1) is 0 Å². The number of carbonyl (C=O) groups is 1. The fourth-order valence-corrected chi connectivity index (χ4v) is 3.15. The van der Waals surface area contributed by atoms with Crippen LogP contribution in [0.1, 0.15) is 25.7 Å². The smallest absolute Gasteiger partial charge is 0.303 e. The summed E-state index contributed by atoms with van der Waals surface area (Å²) in [5.74, 6) is 0.703. The molecule has 1 fully saturated rings. The van der Waals surface area contributed by atoms with Crippen LogP contribution in [0.15, 0.2) is 28.7 Å². The fourth-order valence-electron chi connectivity index (χ4n) is 2.77. The van der Waals surface area contributed by atoms with Gasteiger partial charge in [0.2, 0.25) is 0 Å². The van der Waals surface area contributed by atoms with Gasteiger partial charge in [0.1, 0.15) is 12.4 Å². The van der Waals surface area contributed by atoms with Crippen molar-refractivity contribution in [1.29, 1.82) is 0 Å². The highest BCUT2D eigenvalue weighted by atomic mass is 79.9. The van der Waals surface area contributed by atoms with E-state index in [1.807, 2.05) is 24.3 Å². The summed E-state index contributed by atoms with van der Waals surface area (Å²) in [5.41, 5.74) is 0. The second-order valence-electron chi connectivity index (χ2n) is 5.55. The molecule has 21 heavy (non-hydrogen) atoms. The molecule has 0 aromatic heterocycles. The number of rotatable bonds is 7. The predicted octanol–water partition coefficient (Wildman–Crippen LogP) is 3.40. The Kier molecular flexibility index (Phi) is 6.51. The summed E-state index contributed by atoms with van der Waals surface area (Å²) in [7, 11) is 0.